The van der Waals surface area contributed by atoms with E-state index in [2.05, 4.69) is 20.6 Å². The van der Waals surface area contributed by atoms with Gasteiger partial charge in [0.2, 0.25) is 0 Å². The third-order valence-corrected chi connectivity index (χ3v) is 3.48. The Balaban J connectivity index is 1.88. The molecule has 5 heteroatoms. The first-order chi connectivity index (χ1) is 8.67. The number of hydrogen-bond acceptors (Lipinski definition) is 5. The largest absolute Gasteiger partial charge is 0.393 e. The quantitative estimate of drug-likeness (QED) is 0.760. The van der Waals surface area contributed by atoms with Crippen LogP contribution in [0.5, 0.6) is 0 Å². The average Bonchev–Trinajstić information content (AvgIpc) is 2.37. The van der Waals surface area contributed by atoms with Crippen LogP contribution in [0.4, 0.5) is 11.6 Å². The maximum absolute atomic E-state index is 9.47. The lowest BCUT2D eigenvalue weighted by atomic mass is 9.87. The van der Waals surface area contributed by atoms with E-state index < -0.39 is 0 Å². The van der Waals surface area contributed by atoms with Crippen LogP contribution >= 0.6 is 0 Å². The molecule has 0 atom stereocenters. The van der Waals surface area contributed by atoms with Gasteiger partial charge < -0.3 is 15.7 Å². The van der Waals surface area contributed by atoms with Crippen LogP contribution in [-0.2, 0) is 0 Å². The normalized spacial score (nSPS) is 23.7. The second kappa shape index (κ2) is 6.00. The molecule has 0 spiro atoms. The summed E-state index contributed by atoms with van der Waals surface area (Å²) < 4.78 is 0. The lowest BCUT2D eigenvalue weighted by molar-refractivity contribution is 0.111. The number of nitrogens with zero attached hydrogens (tertiary/aromatic N) is 2. The molecule has 3 N–H and O–H groups in total. The van der Waals surface area contributed by atoms with Gasteiger partial charge in [-0.05, 0) is 38.5 Å². The molecule has 1 aliphatic rings. The van der Waals surface area contributed by atoms with Gasteiger partial charge >= 0.3 is 0 Å². The Bertz CT molecular complexity index is 389. The second-order valence-corrected chi connectivity index (χ2v) is 4.99. The molecule has 0 bridgehead atoms. The first kappa shape index (κ1) is 13.1. The molecule has 1 aromatic rings. The van der Waals surface area contributed by atoms with Crippen LogP contribution in [0.3, 0.4) is 0 Å². The number of rotatable bonds is 4. The zero-order valence-corrected chi connectivity index (χ0v) is 11.1. The van der Waals surface area contributed by atoms with E-state index in [4.69, 9.17) is 0 Å². The molecule has 0 aromatic carbocycles. The number of nitrogens with one attached hydrogen (secondary N) is 2. The number of aliphatic hydroxyl groups is 1. The van der Waals surface area contributed by atoms with Gasteiger partial charge in [-0.25, -0.2) is 9.97 Å². The molecular formula is C13H22N4O. The van der Waals surface area contributed by atoms with Crippen LogP contribution in [0.2, 0.25) is 0 Å². The molecular weight excluding hydrogens is 228 g/mol. The van der Waals surface area contributed by atoms with E-state index in [1.54, 1.807) is 0 Å². The van der Waals surface area contributed by atoms with E-state index in [-0.39, 0.29) is 6.10 Å². The Hall–Kier alpha value is -1.36. The lowest BCUT2D eigenvalue weighted by Gasteiger charge is -2.25. The third-order valence-electron chi connectivity index (χ3n) is 3.48. The van der Waals surface area contributed by atoms with Crippen molar-refractivity contribution in [2.24, 2.45) is 5.92 Å². The fourth-order valence-corrected chi connectivity index (χ4v) is 2.38. The van der Waals surface area contributed by atoms with Crippen LogP contribution in [0.1, 0.15) is 31.5 Å². The van der Waals surface area contributed by atoms with Gasteiger partial charge in [0.1, 0.15) is 17.5 Å². The second-order valence-electron chi connectivity index (χ2n) is 4.99. The summed E-state index contributed by atoms with van der Waals surface area (Å²) in [6.45, 7) is 2.81. The summed E-state index contributed by atoms with van der Waals surface area (Å²) in [5, 5.41) is 15.9. The average molecular weight is 250 g/mol. The monoisotopic (exact) mass is 250 g/mol. The van der Waals surface area contributed by atoms with Crippen molar-refractivity contribution in [3.05, 3.63) is 11.9 Å². The van der Waals surface area contributed by atoms with Crippen molar-refractivity contribution in [2.75, 3.05) is 24.2 Å². The predicted molar refractivity (Wildman–Crippen MR) is 72.8 cm³/mol. The molecule has 1 fully saturated rings. The number of aliphatic hydroxyl groups excluding tert-OH is 1. The van der Waals surface area contributed by atoms with Crippen LogP contribution in [0.15, 0.2) is 6.07 Å². The maximum atomic E-state index is 9.47. The van der Waals surface area contributed by atoms with Gasteiger partial charge in [0.25, 0.3) is 0 Å². The van der Waals surface area contributed by atoms with E-state index in [1.807, 2.05) is 20.0 Å². The molecule has 0 radical (unpaired) electrons. The van der Waals surface area contributed by atoms with E-state index in [0.717, 1.165) is 49.7 Å². The van der Waals surface area contributed by atoms with Gasteiger partial charge in [-0.2, -0.15) is 0 Å². The highest BCUT2D eigenvalue weighted by Gasteiger charge is 2.19. The van der Waals surface area contributed by atoms with E-state index >= 15 is 0 Å². The molecule has 1 aromatic heterocycles. The summed E-state index contributed by atoms with van der Waals surface area (Å²) in [5.41, 5.74) is 0. The van der Waals surface area contributed by atoms with Crippen molar-refractivity contribution in [1.29, 1.82) is 0 Å². The minimum Gasteiger partial charge on any atom is -0.393 e. The third kappa shape index (κ3) is 3.57. The Kier molecular flexibility index (Phi) is 4.36. The smallest absolute Gasteiger partial charge is 0.131 e. The van der Waals surface area contributed by atoms with Crippen LogP contribution in [0, 0.1) is 12.8 Å². The van der Waals surface area contributed by atoms with Crippen LogP contribution in [-0.4, -0.2) is 34.8 Å². The van der Waals surface area contributed by atoms with Gasteiger partial charge in [-0.1, -0.05) is 0 Å². The molecule has 0 aliphatic heterocycles. The summed E-state index contributed by atoms with van der Waals surface area (Å²) in [7, 11) is 1.86. The minimum absolute atomic E-state index is 0.0848. The molecule has 1 heterocycles. The zero-order chi connectivity index (χ0) is 13.0. The zero-order valence-electron chi connectivity index (χ0n) is 11.1. The molecule has 18 heavy (non-hydrogen) atoms. The molecule has 100 valence electrons. The fraction of sp³-hybridized carbons (Fsp3) is 0.692. The summed E-state index contributed by atoms with van der Waals surface area (Å²) in [6.07, 6.45) is 3.96. The number of hydrogen-bond donors (Lipinski definition) is 3. The molecule has 0 saturated heterocycles. The van der Waals surface area contributed by atoms with Gasteiger partial charge in [0, 0.05) is 19.7 Å². The van der Waals surface area contributed by atoms with Gasteiger partial charge in [0.05, 0.1) is 6.10 Å². The van der Waals surface area contributed by atoms with Crippen molar-refractivity contribution >= 4 is 11.6 Å². The van der Waals surface area contributed by atoms with Crippen molar-refractivity contribution < 1.29 is 5.11 Å². The summed E-state index contributed by atoms with van der Waals surface area (Å²) in [4.78, 5) is 8.63. The highest BCUT2D eigenvalue weighted by atomic mass is 16.3. The molecule has 5 nitrogen and oxygen atoms in total. The molecule has 1 aliphatic carbocycles. The summed E-state index contributed by atoms with van der Waals surface area (Å²) >= 11 is 0. The van der Waals surface area contributed by atoms with Gasteiger partial charge in [-0.15, -0.1) is 0 Å². The maximum Gasteiger partial charge on any atom is 0.131 e. The molecule has 0 unspecified atom stereocenters. The molecule has 2 rings (SSSR count). The standard InChI is InChI=1S/C13H22N4O/c1-9-16-12(14-2)7-13(17-9)15-8-10-3-5-11(18)6-4-10/h7,10-11,18H,3-6,8H2,1-2H3,(H2,14,15,16,17). The first-order valence-corrected chi connectivity index (χ1v) is 6.62. The van der Waals surface area contributed by atoms with Gasteiger partial charge in [0.15, 0.2) is 0 Å². The topological polar surface area (TPSA) is 70.1 Å². The highest BCUT2D eigenvalue weighted by molar-refractivity contribution is 5.47. The Morgan fingerprint density at radius 2 is 1.89 bits per heavy atom. The van der Waals surface area contributed by atoms with E-state index in [0.29, 0.717) is 5.92 Å². The number of aromatic nitrogens is 2. The fourth-order valence-electron chi connectivity index (χ4n) is 2.38. The van der Waals surface area contributed by atoms with Crippen LogP contribution in [0.25, 0.3) is 0 Å². The molecule has 0 amide bonds. The summed E-state index contributed by atoms with van der Waals surface area (Å²) in [5.74, 6) is 3.12. The lowest BCUT2D eigenvalue weighted by Crippen LogP contribution is -2.23. The van der Waals surface area contributed by atoms with Crippen molar-refractivity contribution in [2.45, 2.75) is 38.7 Å². The minimum atomic E-state index is -0.0848. The van der Waals surface area contributed by atoms with Crippen molar-refractivity contribution in [3.8, 4) is 0 Å². The first-order valence-electron chi connectivity index (χ1n) is 6.62. The molecule has 1 saturated carbocycles. The number of aryl methyl sites for hydroxylation is 1. The van der Waals surface area contributed by atoms with Crippen LogP contribution < -0.4 is 10.6 Å². The number of anilines is 2. The highest BCUT2D eigenvalue weighted by Crippen LogP contribution is 2.24. The van der Waals surface area contributed by atoms with Crippen molar-refractivity contribution in [1.82, 2.24) is 9.97 Å². The SMILES string of the molecule is CNc1cc(NCC2CCC(O)CC2)nc(C)n1. The predicted octanol–water partition coefficient (Wildman–Crippen LogP) is 1.79. The van der Waals surface area contributed by atoms with E-state index in [9.17, 15) is 5.11 Å². The Labute approximate surface area is 108 Å². The van der Waals surface area contributed by atoms with Gasteiger partial charge in [-0.3, -0.25) is 0 Å². The Morgan fingerprint density at radius 3 is 2.56 bits per heavy atom. The summed E-state index contributed by atoms with van der Waals surface area (Å²) in [6, 6.07) is 1.92. The van der Waals surface area contributed by atoms with E-state index in [1.165, 1.54) is 0 Å². The Morgan fingerprint density at radius 1 is 1.22 bits per heavy atom. The van der Waals surface area contributed by atoms with Crippen molar-refractivity contribution in [3.63, 3.8) is 0 Å².